The van der Waals surface area contributed by atoms with E-state index in [1.807, 2.05) is 29.4 Å². The number of likely N-dealkylation sites (tertiary alicyclic amines) is 1. The first kappa shape index (κ1) is 17.4. The van der Waals surface area contributed by atoms with E-state index in [0.29, 0.717) is 21.5 Å². The van der Waals surface area contributed by atoms with Gasteiger partial charge in [-0.3, -0.25) is 4.79 Å². The molecule has 0 spiro atoms. The molecule has 3 aromatic rings. The van der Waals surface area contributed by atoms with E-state index in [0.717, 1.165) is 43.5 Å². The quantitative estimate of drug-likeness (QED) is 0.641. The van der Waals surface area contributed by atoms with Gasteiger partial charge >= 0.3 is 0 Å². The summed E-state index contributed by atoms with van der Waals surface area (Å²) in [6.45, 7) is 2.40. The Hall–Kier alpha value is -2.04. The van der Waals surface area contributed by atoms with E-state index in [1.165, 1.54) is 0 Å². The van der Waals surface area contributed by atoms with Gasteiger partial charge in [0.1, 0.15) is 0 Å². The fourth-order valence-electron chi connectivity index (χ4n) is 3.58. The Balaban J connectivity index is 1.41. The lowest BCUT2D eigenvalue weighted by Gasteiger charge is -2.32. The van der Waals surface area contributed by atoms with Crippen molar-refractivity contribution in [1.29, 1.82) is 0 Å². The average molecular weight is 388 g/mol. The van der Waals surface area contributed by atoms with Gasteiger partial charge in [-0.1, -0.05) is 35.3 Å². The second-order valence-electron chi connectivity index (χ2n) is 6.75. The Labute approximate surface area is 162 Å². The lowest BCUT2D eigenvalue weighted by atomic mass is 9.96. The minimum atomic E-state index is -0.0379. The van der Waals surface area contributed by atoms with Crippen molar-refractivity contribution >= 4 is 40.1 Å². The number of hydrogen-bond donors (Lipinski definition) is 0. The molecule has 0 atom stereocenters. The first-order chi connectivity index (χ1) is 12.6. The highest BCUT2D eigenvalue weighted by atomic mass is 35.5. The largest absolute Gasteiger partial charge is 0.339 e. The number of imidazole rings is 1. The van der Waals surface area contributed by atoms with Crippen molar-refractivity contribution in [1.82, 2.24) is 14.5 Å². The molecule has 0 saturated carbocycles. The molecule has 134 valence electrons. The highest BCUT2D eigenvalue weighted by molar-refractivity contribution is 6.35. The molecule has 1 aliphatic rings. The summed E-state index contributed by atoms with van der Waals surface area (Å²) in [5.41, 5.74) is 2.67. The number of carbonyl (C=O) groups is 1. The lowest BCUT2D eigenvalue weighted by molar-refractivity contribution is 0.0683. The Morgan fingerprint density at radius 3 is 2.69 bits per heavy atom. The molecular formula is C20H19Cl2N3O. The summed E-state index contributed by atoms with van der Waals surface area (Å²) < 4.78 is 2.21. The maximum absolute atomic E-state index is 12.7. The second kappa shape index (κ2) is 7.29. The summed E-state index contributed by atoms with van der Waals surface area (Å²) in [5, 5.41) is 0.978. The van der Waals surface area contributed by atoms with E-state index in [9.17, 15) is 4.79 Å². The lowest BCUT2D eigenvalue weighted by Crippen LogP contribution is -2.39. The molecule has 1 fully saturated rings. The Morgan fingerprint density at radius 1 is 1.12 bits per heavy atom. The van der Waals surface area contributed by atoms with E-state index >= 15 is 0 Å². The predicted octanol–water partition coefficient (Wildman–Crippen LogP) is 4.90. The first-order valence-electron chi connectivity index (χ1n) is 8.76. The number of amides is 1. The molecule has 2 heterocycles. The molecular weight excluding hydrogens is 369 g/mol. The number of rotatable bonds is 3. The van der Waals surface area contributed by atoms with Crippen LogP contribution < -0.4 is 0 Å². The monoisotopic (exact) mass is 387 g/mol. The van der Waals surface area contributed by atoms with Crippen LogP contribution in [0.2, 0.25) is 10.0 Å². The SMILES string of the molecule is O=C(c1cc(Cl)ccc1Cl)N1CCC(Cn2cnc3ccccc32)CC1. The summed E-state index contributed by atoms with van der Waals surface area (Å²) in [5.74, 6) is 0.496. The third-order valence-electron chi connectivity index (χ3n) is 5.04. The van der Waals surface area contributed by atoms with Crippen molar-refractivity contribution in [3.63, 3.8) is 0 Å². The van der Waals surface area contributed by atoms with Gasteiger partial charge in [0.05, 0.1) is 27.9 Å². The van der Waals surface area contributed by atoms with Gasteiger partial charge in [-0.25, -0.2) is 4.98 Å². The van der Waals surface area contributed by atoms with Crippen LogP contribution >= 0.6 is 23.2 Å². The molecule has 1 saturated heterocycles. The van der Waals surface area contributed by atoms with Crippen molar-refractivity contribution in [2.75, 3.05) is 13.1 Å². The van der Waals surface area contributed by atoms with Crippen LogP contribution in [0.5, 0.6) is 0 Å². The zero-order valence-corrected chi connectivity index (χ0v) is 15.7. The average Bonchev–Trinajstić information content (AvgIpc) is 3.07. The van der Waals surface area contributed by atoms with Crippen LogP contribution in [0.15, 0.2) is 48.8 Å². The predicted molar refractivity (Wildman–Crippen MR) is 105 cm³/mol. The second-order valence-corrected chi connectivity index (χ2v) is 7.59. The highest BCUT2D eigenvalue weighted by Gasteiger charge is 2.25. The standard InChI is InChI=1S/C20H19Cl2N3O/c21-15-5-6-17(22)16(11-15)20(26)24-9-7-14(8-10-24)12-25-13-23-18-3-1-2-4-19(18)25/h1-6,11,13-14H,7-10,12H2. The first-order valence-corrected chi connectivity index (χ1v) is 9.51. The van der Waals surface area contributed by atoms with Gasteiger partial charge in [0.2, 0.25) is 0 Å². The maximum atomic E-state index is 12.7. The van der Waals surface area contributed by atoms with Crippen LogP contribution in [0.1, 0.15) is 23.2 Å². The topological polar surface area (TPSA) is 38.1 Å². The van der Waals surface area contributed by atoms with E-state index < -0.39 is 0 Å². The molecule has 0 N–H and O–H groups in total. The van der Waals surface area contributed by atoms with Crippen LogP contribution in [-0.4, -0.2) is 33.4 Å². The number of para-hydroxylation sites is 2. The van der Waals surface area contributed by atoms with Crippen LogP contribution in [0, 0.1) is 5.92 Å². The minimum absolute atomic E-state index is 0.0379. The van der Waals surface area contributed by atoms with Gasteiger partial charge in [0.15, 0.2) is 0 Å². The smallest absolute Gasteiger partial charge is 0.255 e. The van der Waals surface area contributed by atoms with Gasteiger partial charge < -0.3 is 9.47 Å². The van der Waals surface area contributed by atoms with Crippen LogP contribution in [0.3, 0.4) is 0 Å². The molecule has 4 rings (SSSR count). The summed E-state index contributed by atoms with van der Waals surface area (Å²) in [6.07, 6.45) is 3.85. The Kier molecular flexibility index (Phi) is 4.88. The van der Waals surface area contributed by atoms with Gasteiger partial charge in [0.25, 0.3) is 5.91 Å². The van der Waals surface area contributed by atoms with Gasteiger partial charge in [-0.15, -0.1) is 0 Å². The molecule has 4 nitrogen and oxygen atoms in total. The molecule has 0 radical (unpaired) electrons. The number of carbonyl (C=O) groups excluding carboxylic acids is 1. The van der Waals surface area contributed by atoms with Crippen LogP contribution in [0.4, 0.5) is 0 Å². The van der Waals surface area contributed by atoms with Crippen LogP contribution in [-0.2, 0) is 6.54 Å². The summed E-state index contributed by atoms with van der Waals surface area (Å²) in [4.78, 5) is 19.1. The normalized spacial score (nSPS) is 15.5. The fourth-order valence-corrected chi connectivity index (χ4v) is 3.95. The van der Waals surface area contributed by atoms with Crippen molar-refractivity contribution in [3.8, 4) is 0 Å². The van der Waals surface area contributed by atoms with Gasteiger partial charge in [-0.2, -0.15) is 0 Å². The molecule has 6 heteroatoms. The number of fused-ring (bicyclic) bond motifs is 1. The number of nitrogens with zero attached hydrogens (tertiary/aromatic N) is 3. The van der Waals surface area contributed by atoms with E-state index in [4.69, 9.17) is 23.2 Å². The van der Waals surface area contributed by atoms with Crippen LogP contribution in [0.25, 0.3) is 11.0 Å². The van der Waals surface area contributed by atoms with Gasteiger partial charge in [-0.05, 0) is 49.1 Å². The third-order valence-corrected chi connectivity index (χ3v) is 5.61. The number of hydrogen-bond acceptors (Lipinski definition) is 2. The molecule has 1 aromatic heterocycles. The zero-order valence-electron chi connectivity index (χ0n) is 14.2. The third kappa shape index (κ3) is 3.44. The summed E-state index contributed by atoms with van der Waals surface area (Å²) in [6, 6.07) is 13.2. The number of benzene rings is 2. The van der Waals surface area contributed by atoms with E-state index in [1.54, 1.807) is 18.2 Å². The number of piperidine rings is 1. The highest BCUT2D eigenvalue weighted by Crippen LogP contribution is 2.26. The fraction of sp³-hybridized carbons (Fsp3) is 0.300. The van der Waals surface area contributed by atoms with E-state index in [2.05, 4.69) is 15.6 Å². The molecule has 0 unspecified atom stereocenters. The van der Waals surface area contributed by atoms with Crippen molar-refractivity contribution in [3.05, 3.63) is 64.4 Å². The summed E-state index contributed by atoms with van der Waals surface area (Å²) in [7, 11) is 0. The number of aromatic nitrogens is 2. The molecule has 26 heavy (non-hydrogen) atoms. The molecule has 1 aliphatic heterocycles. The molecule has 2 aromatic carbocycles. The number of halogens is 2. The Bertz CT molecular complexity index is 945. The van der Waals surface area contributed by atoms with Crippen molar-refractivity contribution in [2.45, 2.75) is 19.4 Å². The van der Waals surface area contributed by atoms with Crippen molar-refractivity contribution in [2.24, 2.45) is 5.92 Å². The summed E-state index contributed by atoms with van der Waals surface area (Å²) >= 11 is 12.2. The van der Waals surface area contributed by atoms with E-state index in [-0.39, 0.29) is 5.91 Å². The zero-order chi connectivity index (χ0) is 18.1. The minimum Gasteiger partial charge on any atom is -0.339 e. The maximum Gasteiger partial charge on any atom is 0.255 e. The Morgan fingerprint density at radius 2 is 1.88 bits per heavy atom. The molecule has 0 aliphatic carbocycles. The van der Waals surface area contributed by atoms with Gasteiger partial charge in [0, 0.05) is 24.7 Å². The van der Waals surface area contributed by atoms with Crippen molar-refractivity contribution < 1.29 is 4.79 Å². The molecule has 0 bridgehead atoms. The molecule has 1 amide bonds.